The summed E-state index contributed by atoms with van der Waals surface area (Å²) in [5, 5.41) is 2.83. The van der Waals surface area contributed by atoms with Crippen molar-refractivity contribution < 1.29 is 9.53 Å². The van der Waals surface area contributed by atoms with Crippen LogP contribution in [0.15, 0.2) is 35.3 Å². The summed E-state index contributed by atoms with van der Waals surface area (Å²) in [6.07, 6.45) is 1.67. The summed E-state index contributed by atoms with van der Waals surface area (Å²) in [6, 6.07) is 5.37. The molecule has 0 unspecified atom stereocenters. The maximum absolute atomic E-state index is 11.7. The van der Waals surface area contributed by atoms with Crippen molar-refractivity contribution in [3.8, 4) is 5.75 Å². The van der Waals surface area contributed by atoms with Crippen LogP contribution in [0.2, 0.25) is 0 Å². The monoisotopic (exact) mass is 297 g/mol. The van der Waals surface area contributed by atoms with Gasteiger partial charge in [0, 0.05) is 11.6 Å². The van der Waals surface area contributed by atoms with Crippen LogP contribution in [0.25, 0.3) is 0 Å². The molecule has 0 aliphatic carbocycles. The van der Waals surface area contributed by atoms with Crippen LogP contribution in [0.4, 0.5) is 0 Å². The smallest absolute Gasteiger partial charge is 0.251 e. The summed E-state index contributed by atoms with van der Waals surface area (Å²) in [4.78, 5) is 11.7. The van der Waals surface area contributed by atoms with E-state index >= 15 is 0 Å². The zero-order valence-electron chi connectivity index (χ0n) is 10.00. The molecular weight excluding hydrogens is 282 g/mol. The quantitative estimate of drug-likeness (QED) is 0.848. The SMILES string of the molecule is C=CCOc1ccc(C(=O)NC(C)C)cc1Br. The van der Waals surface area contributed by atoms with Crippen molar-refractivity contribution in [1.29, 1.82) is 0 Å². The summed E-state index contributed by atoms with van der Waals surface area (Å²) < 4.78 is 6.17. The van der Waals surface area contributed by atoms with Crippen molar-refractivity contribution in [3.63, 3.8) is 0 Å². The summed E-state index contributed by atoms with van der Waals surface area (Å²) in [6.45, 7) is 7.87. The van der Waals surface area contributed by atoms with Gasteiger partial charge in [0.1, 0.15) is 12.4 Å². The number of nitrogens with one attached hydrogen (secondary N) is 1. The first-order valence-electron chi connectivity index (χ1n) is 5.38. The fourth-order valence-electron chi connectivity index (χ4n) is 1.25. The second-order valence-corrected chi connectivity index (χ2v) is 4.73. The van der Waals surface area contributed by atoms with Gasteiger partial charge in [0.05, 0.1) is 4.47 Å². The van der Waals surface area contributed by atoms with E-state index in [1.807, 2.05) is 13.8 Å². The number of halogens is 1. The Morgan fingerprint density at radius 3 is 2.82 bits per heavy atom. The molecule has 0 fully saturated rings. The van der Waals surface area contributed by atoms with E-state index in [2.05, 4.69) is 27.8 Å². The molecule has 0 saturated heterocycles. The highest BCUT2D eigenvalue weighted by molar-refractivity contribution is 9.10. The van der Waals surface area contributed by atoms with Gasteiger partial charge >= 0.3 is 0 Å². The lowest BCUT2D eigenvalue weighted by Gasteiger charge is -2.10. The molecule has 0 atom stereocenters. The minimum absolute atomic E-state index is 0.0871. The Labute approximate surface area is 110 Å². The van der Waals surface area contributed by atoms with Gasteiger partial charge in [0.25, 0.3) is 5.91 Å². The van der Waals surface area contributed by atoms with Gasteiger partial charge in [-0.25, -0.2) is 0 Å². The first-order valence-corrected chi connectivity index (χ1v) is 6.18. The Morgan fingerprint density at radius 2 is 2.29 bits per heavy atom. The maximum atomic E-state index is 11.7. The van der Waals surface area contributed by atoms with Crippen LogP contribution in [-0.2, 0) is 0 Å². The molecule has 0 aromatic heterocycles. The highest BCUT2D eigenvalue weighted by Crippen LogP contribution is 2.26. The molecule has 92 valence electrons. The van der Waals surface area contributed by atoms with Crippen molar-refractivity contribution in [2.75, 3.05) is 6.61 Å². The Bertz CT molecular complexity index is 416. The molecule has 0 aliphatic rings. The van der Waals surface area contributed by atoms with Gasteiger partial charge in [-0.1, -0.05) is 12.7 Å². The number of amides is 1. The Morgan fingerprint density at radius 1 is 1.59 bits per heavy atom. The van der Waals surface area contributed by atoms with E-state index in [4.69, 9.17) is 4.74 Å². The normalized spacial score (nSPS) is 10.1. The van der Waals surface area contributed by atoms with Gasteiger partial charge in [-0.15, -0.1) is 0 Å². The number of carbonyl (C=O) groups excluding carboxylic acids is 1. The Balaban J connectivity index is 2.80. The van der Waals surface area contributed by atoms with Crippen LogP contribution in [-0.4, -0.2) is 18.6 Å². The molecular formula is C13H16BrNO2. The zero-order valence-corrected chi connectivity index (χ0v) is 11.6. The topological polar surface area (TPSA) is 38.3 Å². The van der Waals surface area contributed by atoms with Crippen molar-refractivity contribution in [2.45, 2.75) is 19.9 Å². The van der Waals surface area contributed by atoms with Gasteiger partial charge in [0.2, 0.25) is 0 Å². The minimum Gasteiger partial charge on any atom is -0.488 e. The molecule has 1 rings (SSSR count). The first-order chi connectivity index (χ1) is 8.04. The molecule has 1 amide bonds. The van der Waals surface area contributed by atoms with Crippen molar-refractivity contribution in [2.24, 2.45) is 0 Å². The largest absolute Gasteiger partial charge is 0.488 e. The van der Waals surface area contributed by atoms with Crippen LogP contribution in [0, 0.1) is 0 Å². The fraction of sp³-hybridized carbons (Fsp3) is 0.308. The molecule has 3 nitrogen and oxygen atoms in total. The third-order valence-electron chi connectivity index (χ3n) is 1.97. The third-order valence-corrected chi connectivity index (χ3v) is 2.59. The molecule has 0 bridgehead atoms. The second kappa shape index (κ2) is 6.45. The molecule has 0 radical (unpaired) electrons. The van der Waals surface area contributed by atoms with E-state index in [0.29, 0.717) is 17.9 Å². The number of hydrogen-bond donors (Lipinski definition) is 1. The van der Waals surface area contributed by atoms with E-state index in [9.17, 15) is 4.79 Å². The number of hydrogen-bond acceptors (Lipinski definition) is 2. The molecule has 0 heterocycles. The number of ether oxygens (including phenoxy) is 1. The predicted octanol–water partition coefficient (Wildman–Crippen LogP) is 3.15. The van der Waals surface area contributed by atoms with E-state index in [0.717, 1.165) is 4.47 Å². The molecule has 1 aromatic carbocycles. The maximum Gasteiger partial charge on any atom is 0.251 e. The highest BCUT2D eigenvalue weighted by atomic mass is 79.9. The minimum atomic E-state index is -0.0871. The van der Waals surface area contributed by atoms with E-state index in [-0.39, 0.29) is 11.9 Å². The molecule has 0 spiro atoms. The standard InChI is InChI=1S/C13H16BrNO2/c1-4-7-17-12-6-5-10(8-11(12)14)13(16)15-9(2)3/h4-6,8-9H,1,7H2,2-3H3,(H,15,16). The summed E-state index contributed by atoms with van der Waals surface area (Å²) >= 11 is 3.37. The molecule has 1 aromatic rings. The van der Waals surface area contributed by atoms with Gasteiger partial charge < -0.3 is 10.1 Å². The van der Waals surface area contributed by atoms with Crippen LogP contribution >= 0.6 is 15.9 Å². The fourth-order valence-corrected chi connectivity index (χ4v) is 1.75. The van der Waals surface area contributed by atoms with Crippen LogP contribution in [0.3, 0.4) is 0 Å². The molecule has 17 heavy (non-hydrogen) atoms. The average Bonchev–Trinajstić information content (AvgIpc) is 2.26. The predicted molar refractivity (Wildman–Crippen MR) is 72.4 cm³/mol. The summed E-state index contributed by atoms with van der Waals surface area (Å²) in [5.74, 6) is 0.613. The second-order valence-electron chi connectivity index (χ2n) is 3.87. The van der Waals surface area contributed by atoms with Crippen molar-refractivity contribution in [1.82, 2.24) is 5.32 Å². The molecule has 0 aliphatic heterocycles. The lowest BCUT2D eigenvalue weighted by molar-refractivity contribution is 0.0943. The highest BCUT2D eigenvalue weighted by Gasteiger charge is 2.09. The Hall–Kier alpha value is -1.29. The summed E-state index contributed by atoms with van der Waals surface area (Å²) in [7, 11) is 0. The number of rotatable bonds is 5. The van der Waals surface area contributed by atoms with Gasteiger partial charge in [-0.2, -0.15) is 0 Å². The summed E-state index contributed by atoms with van der Waals surface area (Å²) in [5.41, 5.74) is 0.608. The number of carbonyl (C=O) groups is 1. The molecule has 0 saturated carbocycles. The van der Waals surface area contributed by atoms with Crippen molar-refractivity contribution in [3.05, 3.63) is 40.9 Å². The van der Waals surface area contributed by atoms with Gasteiger partial charge in [-0.05, 0) is 48.0 Å². The van der Waals surface area contributed by atoms with E-state index in [1.165, 1.54) is 0 Å². The zero-order chi connectivity index (χ0) is 12.8. The van der Waals surface area contributed by atoms with Crippen LogP contribution < -0.4 is 10.1 Å². The van der Waals surface area contributed by atoms with Crippen molar-refractivity contribution >= 4 is 21.8 Å². The first kappa shape index (κ1) is 13.8. The van der Waals surface area contributed by atoms with E-state index < -0.39 is 0 Å². The van der Waals surface area contributed by atoms with Crippen LogP contribution in [0.1, 0.15) is 24.2 Å². The van der Waals surface area contributed by atoms with Gasteiger partial charge in [0.15, 0.2) is 0 Å². The molecule has 1 N–H and O–H groups in total. The van der Waals surface area contributed by atoms with Gasteiger partial charge in [-0.3, -0.25) is 4.79 Å². The van der Waals surface area contributed by atoms with E-state index in [1.54, 1.807) is 24.3 Å². The third kappa shape index (κ3) is 4.23. The lowest BCUT2D eigenvalue weighted by atomic mass is 10.2. The number of benzene rings is 1. The average molecular weight is 298 g/mol. The Kier molecular flexibility index (Phi) is 5.22. The van der Waals surface area contributed by atoms with Crippen LogP contribution in [0.5, 0.6) is 5.75 Å². The molecule has 4 heteroatoms. The lowest BCUT2D eigenvalue weighted by Crippen LogP contribution is -2.30.